The summed E-state index contributed by atoms with van der Waals surface area (Å²) >= 11 is 0. The van der Waals surface area contributed by atoms with Crippen molar-refractivity contribution in [1.82, 2.24) is 0 Å². The molecule has 0 aliphatic heterocycles. The fraction of sp³-hybridized carbons (Fsp3) is 0.308. The van der Waals surface area contributed by atoms with Crippen molar-refractivity contribution >= 4 is 5.97 Å². The first-order valence-corrected chi connectivity index (χ1v) is 5.25. The van der Waals surface area contributed by atoms with E-state index in [2.05, 4.69) is 13.2 Å². The van der Waals surface area contributed by atoms with E-state index in [-0.39, 0.29) is 13.0 Å². The first-order chi connectivity index (χ1) is 8.14. The second-order valence-corrected chi connectivity index (χ2v) is 3.56. The van der Waals surface area contributed by atoms with Gasteiger partial charge >= 0.3 is 5.97 Å². The number of rotatable bonds is 7. The zero-order valence-corrected chi connectivity index (χ0v) is 9.59. The first-order valence-electron chi connectivity index (χ1n) is 5.25. The average molecular weight is 236 g/mol. The molecule has 0 spiro atoms. The summed E-state index contributed by atoms with van der Waals surface area (Å²) in [4.78, 5) is 11.3. The molecule has 0 bridgehead atoms. The van der Waals surface area contributed by atoms with Crippen LogP contribution in [0.3, 0.4) is 0 Å². The van der Waals surface area contributed by atoms with Gasteiger partial charge in [-0.2, -0.15) is 0 Å². The number of carboxylic acid groups (broad SMARTS) is 1. The standard InChI is InChI=1S/C13H16O4/c1-3-8-16-11-6-5-7-13(10-11,12(14)15)17-9-4-2/h3-7H,1-2,8-10H2,(H,14,15). The highest BCUT2D eigenvalue weighted by Gasteiger charge is 2.39. The lowest BCUT2D eigenvalue weighted by Gasteiger charge is -2.28. The van der Waals surface area contributed by atoms with Crippen LogP contribution in [0.15, 0.2) is 49.3 Å². The number of aliphatic carboxylic acids is 1. The molecule has 0 aromatic heterocycles. The second kappa shape index (κ2) is 6.06. The molecule has 0 saturated carbocycles. The van der Waals surface area contributed by atoms with Crippen molar-refractivity contribution in [2.45, 2.75) is 12.0 Å². The van der Waals surface area contributed by atoms with Crippen LogP contribution in [-0.4, -0.2) is 29.9 Å². The third-order valence-electron chi connectivity index (χ3n) is 2.29. The molecular formula is C13H16O4. The van der Waals surface area contributed by atoms with Crippen molar-refractivity contribution in [3.63, 3.8) is 0 Å². The predicted octanol–water partition coefficient (Wildman–Crippen LogP) is 2.06. The molecule has 1 unspecified atom stereocenters. The van der Waals surface area contributed by atoms with Gasteiger partial charge in [-0.3, -0.25) is 0 Å². The fourth-order valence-corrected chi connectivity index (χ4v) is 1.47. The van der Waals surface area contributed by atoms with Gasteiger partial charge in [0.25, 0.3) is 0 Å². The summed E-state index contributed by atoms with van der Waals surface area (Å²) < 4.78 is 10.7. The highest BCUT2D eigenvalue weighted by atomic mass is 16.5. The largest absolute Gasteiger partial charge is 0.494 e. The van der Waals surface area contributed by atoms with E-state index >= 15 is 0 Å². The van der Waals surface area contributed by atoms with Crippen LogP contribution in [0, 0.1) is 0 Å². The van der Waals surface area contributed by atoms with E-state index in [0.29, 0.717) is 12.4 Å². The first kappa shape index (κ1) is 13.3. The lowest BCUT2D eigenvalue weighted by molar-refractivity contribution is -0.159. The van der Waals surface area contributed by atoms with Gasteiger partial charge in [0.1, 0.15) is 12.4 Å². The van der Waals surface area contributed by atoms with Crippen LogP contribution in [0.2, 0.25) is 0 Å². The Kier molecular flexibility index (Phi) is 4.72. The number of hydrogen-bond donors (Lipinski definition) is 1. The minimum Gasteiger partial charge on any atom is -0.494 e. The van der Waals surface area contributed by atoms with Crippen molar-refractivity contribution < 1.29 is 19.4 Å². The molecule has 0 aromatic rings. The molecule has 1 rings (SSSR count). The molecule has 0 heterocycles. The van der Waals surface area contributed by atoms with Gasteiger partial charge in [0.05, 0.1) is 6.61 Å². The molecule has 0 saturated heterocycles. The average Bonchev–Trinajstić information content (AvgIpc) is 2.34. The van der Waals surface area contributed by atoms with E-state index in [0.717, 1.165) is 0 Å². The summed E-state index contributed by atoms with van der Waals surface area (Å²) in [6.07, 6.45) is 8.15. The van der Waals surface area contributed by atoms with E-state index in [1.165, 1.54) is 12.2 Å². The van der Waals surface area contributed by atoms with Gasteiger partial charge in [0, 0.05) is 6.42 Å². The zero-order valence-electron chi connectivity index (χ0n) is 9.59. The van der Waals surface area contributed by atoms with Crippen LogP contribution in [0.1, 0.15) is 6.42 Å². The summed E-state index contributed by atoms with van der Waals surface area (Å²) in [7, 11) is 0. The number of ether oxygens (including phenoxy) is 2. The van der Waals surface area contributed by atoms with Gasteiger partial charge in [0.2, 0.25) is 0 Å². The highest BCUT2D eigenvalue weighted by molar-refractivity contribution is 5.81. The van der Waals surface area contributed by atoms with Gasteiger partial charge in [0.15, 0.2) is 5.60 Å². The Bertz CT molecular complexity index is 368. The van der Waals surface area contributed by atoms with Crippen molar-refractivity contribution in [2.75, 3.05) is 13.2 Å². The summed E-state index contributed by atoms with van der Waals surface area (Å²) in [5, 5.41) is 9.25. The lowest BCUT2D eigenvalue weighted by atomic mass is 9.94. The van der Waals surface area contributed by atoms with E-state index in [1.807, 2.05) is 0 Å². The summed E-state index contributed by atoms with van der Waals surface area (Å²) in [6.45, 7) is 7.55. The van der Waals surface area contributed by atoms with Crippen LogP contribution in [-0.2, 0) is 14.3 Å². The highest BCUT2D eigenvalue weighted by Crippen LogP contribution is 2.28. The van der Waals surface area contributed by atoms with E-state index < -0.39 is 11.6 Å². The van der Waals surface area contributed by atoms with Gasteiger partial charge in [-0.05, 0) is 12.2 Å². The Balaban J connectivity index is 2.78. The van der Waals surface area contributed by atoms with Crippen molar-refractivity contribution in [3.05, 3.63) is 49.3 Å². The van der Waals surface area contributed by atoms with E-state index in [4.69, 9.17) is 9.47 Å². The Hall–Kier alpha value is -1.81. The molecule has 4 nitrogen and oxygen atoms in total. The Morgan fingerprint density at radius 3 is 2.76 bits per heavy atom. The monoisotopic (exact) mass is 236 g/mol. The molecule has 1 aliphatic carbocycles. The van der Waals surface area contributed by atoms with Crippen molar-refractivity contribution in [3.8, 4) is 0 Å². The maximum absolute atomic E-state index is 11.3. The van der Waals surface area contributed by atoms with E-state index in [9.17, 15) is 9.90 Å². The van der Waals surface area contributed by atoms with Gasteiger partial charge in [-0.25, -0.2) is 4.79 Å². The smallest absolute Gasteiger partial charge is 0.340 e. The van der Waals surface area contributed by atoms with Crippen molar-refractivity contribution in [2.24, 2.45) is 0 Å². The zero-order chi connectivity index (χ0) is 12.7. The minimum atomic E-state index is -1.36. The van der Waals surface area contributed by atoms with E-state index in [1.54, 1.807) is 18.2 Å². The van der Waals surface area contributed by atoms with Crippen LogP contribution in [0.5, 0.6) is 0 Å². The van der Waals surface area contributed by atoms with Crippen LogP contribution < -0.4 is 0 Å². The maximum Gasteiger partial charge on any atom is 0.340 e. The second-order valence-electron chi connectivity index (χ2n) is 3.56. The number of carboxylic acids is 1. The predicted molar refractivity (Wildman–Crippen MR) is 64.5 cm³/mol. The Morgan fingerprint density at radius 1 is 1.47 bits per heavy atom. The fourth-order valence-electron chi connectivity index (χ4n) is 1.47. The van der Waals surface area contributed by atoms with Gasteiger partial charge in [-0.15, -0.1) is 6.58 Å². The summed E-state index contributed by atoms with van der Waals surface area (Å²) in [5.74, 6) is -0.470. The number of carbonyl (C=O) groups is 1. The SMILES string of the molecule is C=CCOC1=CC=CC(OCC=C)(C(=O)O)C1. The Morgan fingerprint density at radius 2 is 2.18 bits per heavy atom. The number of hydrogen-bond acceptors (Lipinski definition) is 3. The molecule has 0 amide bonds. The quantitative estimate of drug-likeness (QED) is 0.687. The molecule has 4 heteroatoms. The van der Waals surface area contributed by atoms with Crippen LogP contribution >= 0.6 is 0 Å². The summed E-state index contributed by atoms with van der Waals surface area (Å²) in [5.41, 5.74) is -1.36. The molecule has 0 radical (unpaired) electrons. The third kappa shape index (κ3) is 3.32. The van der Waals surface area contributed by atoms with Gasteiger partial charge in [-0.1, -0.05) is 24.8 Å². The van der Waals surface area contributed by atoms with Crippen LogP contribution in [0.25, 0.3) is 0 Å². The normalized spacial score (nSPS) is 22.7. The minimum absolute atomic E-state index is 0.167. The molecule has 1 N–H and O–H groups in total. The molecule has 1 aliphatic rings. The van der Waals surface area contributed by atoms with Crippen molar-refractivity contribution in [1.29, 1.82) is 0 Å². The maximum atomic E-state index is 11.3. The number of allylic oxidation sites excluding steroid dienone is 2. The van der Waals surface area contributed by atoms with Gasteiger partial charge < -0.3 is 14.6 Å². The molecule has 1 atom stereocenters. The molecule has 92 valence electrons. The third-order valence-corrected chi connectivity index (χ3v) is 2.29. The molecule has 0 aromatic carbocycles. The topological polar surface area (TPSA) is 55.8 Å². The lowest BCUT2D eigenvalue weighted by Crippen LogP contribution is -2.41. The molecule has 17 heavy (non-hydrogen) atoms. The molecule has 0 fully saturated rings. The van der Waals surface area contributed by atoms with Crippen LogP contribution in [0.4, 0.5) is 0 Å². The summed E-state index contributed by atoms with van der Waals surface area (Å²) in [6, 6.07) is 0. The Labute approximate surface area is 101 Å². The molecular weight excluding hydrogens is 220 g/mol.